The first-order chi connectivity index (χ1) is 11.9. The van der Waals surface area contributed by atoms with Gasteiger partial charge < -0.3 is 5.11 Å². The number of unbranched alkanes of at least 4 members (excludes halogenated alkanes) is 1. The lowest BCUT2D eigenvalue weighted by atomic mass is 10.1. The topological polar surface area (TPSA) is 90.7 Å². The van der Waals surface area contributed by atoms with Crippen LogP contribution < -0.4 is 5.56 Å². The van der Waals surface area contributed by atoms with Gasteiger partial charge in [-0.2, -0.15) is 5.26 Å². The number of benzene rings is 1. The molecule has 0 unspecified atom stereocenters. The minimum atomic E-state index is -0.519. The van der Waals surface area contributed by atoms with E-state index in [1.807, 2.05) is 13.0 Å². The van der Waals surface area contributed by atoms with Crippen molar-refractivity contribution in [2.75, 3.05) is 0 Å². The Hall–Kier alpha value is -2.36. The van der Waals surface area contributed by atoms with Gasteiger partial charge in [-0.05, 0) is 25.5 Å². The van der Waals surface area contributed by atoms with Crippen LogP contribution in [0.15, 0.2) is 33.2 Å². The molecule has 1 aromatic heterocycles. The molecule has 0 bridgehead atoms. The number of pyridine rings is 1. The Morgan fingerprint density at radius 1 is 1.24 bits per heavy atom. The van der Waals surface area contributed by atoms with Gasteiger partial charge in [-0.3, -0.25) is 9.36 Å². The Balaban J connectivity index is 2.63. The zero-order valence-electron chi connectivity index (χ0n) is 13.8. The average molecular weight is 379 g/mol. The second-order valence-electron chi connectivity index (χ2n) is 5.36. The van der Waals surface area contributed by atoms with Crippen LogP contribution in [-0.4, -0.2) is 9.67 Å². The molecule has 0 aliphatic heterocycles. The third-order valence-corrected chi connectivity index (χ3v) is 4.30. The van der Waals surface area contributed by atoms with Crippen LogP contribution in [0, 0.1) is 18.3 Å². The van der Waals surface area contributed by atoms with Gasteiger partial charge in [0.1, 0.15) is 17.3 Å². The molecule has 1 aromatic carbocycles. The minimum absolute atomic E-state index is 0.00471. The molecule has 25 heavy (non-hydrogen) atoms. The van der Waals surface area contributed by atoms with Crippen molar-refractivity contribution >= 4 is 34.6 Å². The first-order valence-electron chi connectivity index (χ1n) is 7.64. The van der Waals surface area contributed by atoms with Crippen LogP contribution in [-0.2, 0) is 6.54 Å². The van der Waals surface area contributed by atoms with Crippen molar-refractivity contribution in [1.29, 1.82) is 5.26 Å². The first-order valence-corrected chi connectivity index (χ1v) is 8.40. The Morgan fingerprint density at radius 2 is 1.84 bits per heavy atom. The van der Waals surface area contributed by atoms with Crippen LogP contribution in [0.3, 0.4) is 0 Å². The maximum Gasteiger partial charge on any atom is 0.281 e. The molecule has 8 heteroatoms. The predicted molar refractivity (Wildman–Crippen MR) is 97.4 cm³/mol. The van der Waals surface area contributed by atoms with E-state index in [9.17, 15) is 15.2 Å². The number of halogens is 2. The molecule has 0 aliphatic rings. The van der Waals surface area contributed by atoms with Crippen molar-refractivity contribution in [3.05, 3.63) is 49.7 Å². The molecule has 0 atom stereocenters. The summed E-state index contributed by atoms with van der Waals surface area (Å²) >= 11 is 12.1. The van der Waals surface area contributed by atoms with Gasteiger partial charge in [0.15, 0.2) is 5.69 Å². The average Bonchev–Trinajstić information content (AvgIpc) is 2.57. The molecular formula is C17H16Cl2N4O2. The SMILES string of the molecule is CCCCn1c(O)c(C#N)c(C)c(N=Nc2c(Cl)cccc2Cl)c1=O. The quantitative estimate of drug-likeness (QED) is 0.719. The van der Waals surface area contributed by atoms with Gasteiger partial charge in [-0.25, -0.2) is 0 Å². The normalized spacial score (nSPS) is 11.0. The van der Waals surface area contributed by atoms with Gasteiger partial charge in [-0.15, -0.1) is 10.2 Å². The van der Waals surface area contributed by atoms with Gasteiger partial charge in [-0.1, -0.05) is 42.6 Å². The lowest BCUT2D eigenvalue weighted by Crippen LogP contribution is -2.22. The third kappa shape index (κ3) is 3.84. The Morgan fingerprint density at radius 3 is 2.40 bits per heavy atom. The Labute approximate surface area is 155 Å². The van der Waals surface area contributed by atoms with E-state index in [-0.39, 0.29) is 34.9 Å². The molecule has 2 aromatic rings. The summed E-state index contributed by atoms with van der Waals surface area (Å²) in [6.45, 7) is 3.78. The molecule has 0 saturated heterocycles. The summed E-state index contributed by atoms with van der Waals surface area (Å²) in [5.41, 5.74) is -0.0632. The van der Waals surface area contributed by atoms with Crippen LogP contribution in [0.1, 0.15) is 30.9 Å². The molecule has 0 aliphatic carbocycles. The van der Waals surface area contributed by atoms with Crippen LogP contribution in [0.5, 0.6) is 5.88 Å². The summed E-state index contributed by atoms with van der Waals surface area (Å²) in [6.07, 6.45) is 1.50. The highest BCUT2D eigenvalue weighted by molar-refractivity contribution is 6.38. The number of nitrogens with zero attached hydrogens (tertiary/aromatic N) is 4. The maximum atomic E-state index is 12.6. The van der Waals surface area contributed by atoms with E-state index in [1.165, 1.54) is 6.92 Å². The van der Waals surface area contributed by atoms with Crippen LogP contribution in [0.4, 0.5) is 11.4 Å². The predicted octanol–water partition coefficient (Wildman–Crippen LogP) is 5.26. The van der Waals surface area contributed by atoms with Crippen molar-refractivity contribution in [2.24, 2.45) is 10.2 Å². The Kier molecular flexibility index (Phi) is 6.18. The smallest absolute Gasteiger partial charge is 0.281 e. The van der Waals surface area contributed by atoms with Crippen molar-refractivity contribution < 1.29 is 5.11 Å². The molecule has 0 saturated carbocycles. The molecule has 2 rings (SSSR count). The lowest BCUT2D eigenvalue weighted by Gasteiger charge is -2.12. The first kappa shape index (κ1) is 19.0. The molecule has 0 amide bonds. The number of hydrogen-bond acceptors (Lipinski definition) is 5. The van der Waals surface area contributed by atoms with Gasteiger partial charge in [0, 0.05) is 12.1 Å². The van der Waals surface area contributed by atoms with E-state index < -0.39 is 5.56 Å². The van der Waals surface area contributed by atoms with Crippen LogP contribution >= 0.6 is 23.2 Å². The highest BCUT2D eigenvalue weighted by Gasteiger charge is 2.19. The van der Waals surface area contributed by atoms with Gasteiger partial charge in [0.2, 0.25) is 5.88 Å². The van der Waals surface area contributed by atoms with E-state index in [2.05, 4.69) is 10.2 Å². The molecule has 6 nitrogen and oxygen atoms in total. The number of aromatic nitrogens is 1. The lowest BCUT2D eigenvalue weighted by molar-refractivity contribution is 0.399. The molecule has 130 valence electrons. The molecule has 0 fully saturated rings. The van der Waals surface area contributed by atoms with Crippen LogP contribution in [0.25, 0.3) is 0 Å². The number of hydrogen-bond donors (Lipinski definition) is 1. The summed E-state index contributed by atoms with van der Waals surface area (Å²) in [7, 11) is 0. The largest absolute Gasteiger partial charge is 0.493 e. The van der Waals surface area contributed by atoms with E-state index in [0.29, 0.717) is 16.5 Å². The summed E-state index contributed by atoms with van der Waals surface area (Å²) < 4.78 is 1.14. The number of azo groups is 1. The second-order valence-corrected chi connectivity index (χ2v) is 6.18. The highest BCUT2D eigenvalue weighted by atomic mass is 35.5. The van der Waals surface area contributed by atoms with E-state index in [0.717, 1.165) is 11.0 Å². The van der Waals surface area contributed by atoms with Crippen molar-refractivity contribution in [1.82, 2.24) is 4.57 Å². The van der Waals surface area contributed by atoms with Crippen LogP contribution in [0.2, 0.25) is 10.0 Å². The number of aromatic hydroxyl groups is 1. The molecule has 0 radical (unpaired) electrons. The number of rotatable bonds is 5. The second kappa shape index (κ2) is 8.15. The third-order valence-electron chi connectivity index (χ3n) is 3.69. The number of nitriles is 1. The summed E-state index contributed by atoms with van der Waals surface area (Å²) in [4.78, 5) is 12.6. The zero-order valence-corrected chi connectivity index (χ0v) is 15.3. The van der Waals surface area contributed by atoms with Gasteiger partial charge in [0.05, 0.1) is 10.0 Å². The maximum absolute atomic E-state index is 12.6. The summed E-state index contributed by atoms with van der Waals surface area (Å²) in [5, 5.41) is 28.0. The fourth-order valence-corrected chi connectivity index (χ4v) is 2.74. The van der Waals surface area contributed by atoms with E-state index in [1.54, 1.807) is 18.2 Å². The van der Waals surface area contributed by atoms with Gasteiger partial charge >= 0.3 is 0 Å². The minimum Gasteiger partial charge on any atom is -0.493 e. The summed E-state index contributed by atoms with van der Waals surface area (Å²) in [5.74, 6) is -0.354. The van der Waals surface area contributed by atoms with Crippen molar-refractivity contribution in [2.45, 2.75) is 33.2 Å². The van der Waals surface area contributed by atoms with E-state index >= 15 is 0 Å². The monoisotopic (exact) mass is 378 g/mol. The van der Waals surface area contributed by atoms with Crippen molar-refractivity contribution in [3.8, 4) is 11.9 Å². The van der Waals surface area contributed by atoms with Crippen molar-refractivity contribution in [3.63, 3.8) is 0 Å². The van der Waals surface area contributed by atoms with Gasteiger partial charge in [0.25, 0.3) is 5.56 Å². The standard InChI is InChI=1S/C17H16Cl2N4O2/c1-3-4-8-23-16(24)11(9-20)10(2)14(17(23)25)21-22-15-12(18)6-5-7-13(15)19/h5-7,24H,3-4,8H2,1-2H3. The fraction of sp³-hybridized carbons (Fsp3) is 0.294. The fourth-order valence-electron chi connectivity index (χ4n) is 2.27. The zero-order chi connectivity index (χ0) is 18.6. The molecule has 1 heterocycles. The van der Waals surface area contributed by atoms with E-state index in [4.69, 9.17) is 23.2 Å². The molecule has 1 N–H and O–H groups in total. The molecule has 0 spiro atoms. The molecular weight excluding hydrogens is 363 g/mol. The summed E-state index contributed by atoms with van der Waals surface area (Å²) in [6, 6.07) is 6.78. The Bertz CT molecular complexity index is 909. The highest BCUT2D eigenvalue weighted by Crippen LogP contribution is 2.34.